The molecule has 2 bridgehead atoms. The van der Waals surface area contributed by atoms with E-state index in [-0.39, 0.29) is 29.7 Å². The van der Waals surface area contributed by atoms with Gasteiger partial charge in [-0.1, -0.05) is 100 Å². The fourth-order valence-electron chi connectivity index (χ4n) is 7.65. The van der Waals surface area contributed by atoms with Gasteiger partial charge >= 0.3 is 0 Å². The summed E-state index contributed by atoms with van der Waals surface area (Å²) in [7, 11) is 0. The second-order valence-electron chi connectivity index (χ2n) is 12.2. The van der Waals surface area contributed by atoms with Crippen LogP contribution in [0, 0.1) is 11.8 Å². The van der Waals surface area contributed by atoms with Crippen molar-refractivity contribution in [1.29, 1.82) is 0 Å². The van der Waals surface area contributed by atoms with Gasteiger partial charge in [-0.3, -0.25) is 14.4 Å². The average Bonchev–Trinajstić information content (AvgIpc) is 3.69. The quantitative estimate of drug-likeness (QED) is 0.199. The number of hydrogen-bond donors (Lipinski definition) is 1. The number of benzene rings is 3. The van der Waals surface area contributed by atoms with Crippen LogP contribution in [0.1, 0.15) is 12.0 Å². The van der Waals surface area contributed by atoms with E-state index in [2.05, 4.69) is 29.1 Å². The molecule has 3 aliphatic heterocycles. The van der Waals surface area contributed by atoms with E-state index in [0.29, 0.717) is 29.2 Å². The molecule has 0 aliphatic carbocycles. The van der Waals surface area contributed by atoms with Crippen molar-refractivity contribution >= 4 is 56.6 Å². The van der Waals surface area contributed by atoms with Crippen molar-refractivity contribution in [2.45, 2.75) is 41.5 Å². The summed E-state index contributed by atoms with van der Waals surface area (Å²) in [5, 5.41) is 11.2. The number of carbonyl (C=O) groups is 3. The van der Waals surface area contributed by atoms with Crippen molar-refractivity contribution in [3.8, 4) is 0 Å². The number of anilines is 2. The summed E-state index contributed by atoms with van der Waals surface area (Å²) in [4.78, 5) is 48.9. The van der Waals surface area contributed by atoms with E-state index in [4.69, 9.17) is 16.3 Å². The Balaban J connectivity index is 1.48. The van der Waals surface area contributed by atoms with Crippen LogP contribution in [-0.4, -0.2) is 76.0 Å². The second kappa shape index (κ2) is 13.8. The smallest absolute Gasteiger partial charge is 0.253 e. The van der Waals surface area contributed by atoms with Gasteiger partial charge in [-0.05, 0) is 42.7 Å². The zero-order valence-electron chi connectivity index (χ0n) is 25.8. The standard InChI is InChI=1S/C37H37BrClN3O5/c1-3-19-40(25-15-9-6-10-16-25)34(44)30-31-35(45)42(26(23-43)21-24-13-7-5-8-14-24)33(37(31)22-27(38)32(30)47-37)36(46)41(20-4-2)29-18-12-11-17-28(29)39/h3-18,26-27,30-33,43H,1-2,19-23H2/t26-,27?,30-,31+,32-,33?,37?/m1/s1. The highest BCUT2D eigenvalue weighted by Crippen LogP contribution is 2.61. The summed E-state index contributed by atoms with van der Waals surface area (Å²) >= 11 is 10.4. The minimum atomic E-state index is -1.34. The number of aliphatic hydroxyl groups is 1. The molecule has 3 heterocycles. The van der Waals surface area contributed by atoms with Crippen molar-refractivity contribution < 1.29 is 24.2 Å². The number of halogens is 2. The van der Waals surface area contributed by atoms with Crippen LogP contribution in [0.5, 0.6) is 0 Å². The number of hydrogen-bond acceptors (Lipinski definition) is 5. The van der Waals surface area contributed by atoms with Gasteiger partial charge in [0.1, 0.15) is 11.6 Å². The zero-order valence-corrected chi connectivity index (χ0v) is 28.2. The molecule has 3 amide bonds. The monoisotopic (exact) mass is 717 g/mol. The van der Waals surface area contributed by atoms with Crippen LogP contribution in [0.15, 0.2) is 110 Å². The Morgan fingerprint density at radius 2 is 1.60 bits per heavy atom. The first-order chi connectivity index (χ1) is 22.8. The van der Waals surface area contributed by atoms with Crippen molar-refractivity contribution in [3.05, 3.63) is 121 Å². The molecule has 3 aromatic carbocycles. The number of carbonyl (C=O) groups excluding carboxylic acids is 3. The maximum atomic E-state index is 15.0. The minimum Gasteiger partial charge on any atom is -0.394 e. The first-order valence-corrected chi connectivity index (χ1v) is 17.0. The van der Waals surface area contributed by atoms with Crippen LogP contribution in [0.2, 0.25) is 5.02 Å². The highest BCUT2D eigenvalue weighted by atomic mass is 79.9. The van der Waals surface area contributed by atoms with Crippen LogP contribution in [0.25, 0.3) is 0 Å². The molecule has 3 fully saturated rings. The number of alkyl halides is 1. The molecule has 7 atom stereocenters. The molecule has 10 heteroatoms. The van der Waals surface area contributed by atoms with E-state index in [1.165, 1.54) is 9.80 Å². The molecule has 3 aromatic rings. The molecule has 3 unspecified atom stereocenters. The first kappa shape index (κ1) is 33.2. The molecule has 3 aliphatic rings. The molecule has 0 radical (unpaired) electrons. The lowest BCUT2D eigenvalue weighted by Gasteiger charge is -2.39. The van der Waals surface area contributed by atoms with Gasteiger partial charge in [0.05, 0.1) is 41.3 Å². The lowest BCUT2D eigenvalue weighted by atomic mass is 9.70. The summed E-state index contributed by atoms with van der Waals surface area (Å²) in [6.07, 6.45) is 3.22. The number of para-hydroxylation sites is 2. The summed E-state index contributed by atoms with van der Waals surface area (Å²) in [5.74, 6) is -2.93. The van der Waals surface area contributed by atoms with Gasteiger partial charge in [0.25, 0.3) is 5.91 Å². The summed E-state index contributed by atoms with van der Waals surface area (Å²) < 4.78 is 6.80. The number of aliphatic hydroxyl groups excluding tert-OH is 1. The number of likely N-dealkylation sites (tertiary alicyclic amines) is 1. The largest absolute Gasteiger partial charge is 0.394 e. The lowest BCUT2D eigenvalue weighted by Crippen LogP contribution is -2.59. The Morgan fingerprint density at radius 1 is 0.979 bits per heavy atom. The Morgan fingerprint density at radius 3 is 2.23 bits per heavy atom. The van der Waals surface area contributed by atoms with E-state index in [0.717, 1.165) is 5.56 Å². The molecule has 1 spiro atoms. The van der Waals surface area contributed by atoms with Crippen LogP contribution >= 0.6 is 27.5 Å². The van der Waals surface area contributed by atoms with Crippen LogP contribution in [0.3, 0.4) is 0 Å². The Kier molecular flexibility index (Phi) is 9.71. The fraction of sp³-hybridized carbons (Fsp3) is 0.324. The minimum absolute atomic E-state index is 0.120. The summed E-state index contributed by atoms with van der Waals surface area (Å²) in [6.45, 7) is 7.69. The van der Waals surface area contributed by atoms with Crippen molar-refractivity contribution in [1.82, 2.24) is 4.90 Å². The molecule has 1 N–H and O–H groups in total. The van der Waals surface area contributed by atoms with Gasteiger partial charge in [0, 0.05) is 23.6 Å². The van der Waals surface area contributed by atoms with Gasteiger partial charge in [-0.2, -0.15) is 0 Å². The number of amides is 3. The third kappa shape index (κ3) is 5.73. The van der Waals surface area contributed by atoms with Gasteiger partial charge in [0.2, 0.25) is 11.8 Å². The molecule has 244 valence electrons. The van der Waals surface area contributed by atoms with E-state index in [1.54, 1.807) is 41.3 Å². The molecular weight excluding hydrogens is 682 g/mol. The van der Waals surface area contributed by atoms with E-state index >= 15 is 4.79 Å². The Bertz CT molecular complexity index is 1660. The molecule has 8 nitrogen and oxygen atoms in total. The summed E-state index contributed by atoms with van der Waals surface area (Å²) in [6, 6.07) is 23.8. The van der Waals surface area contributed by atoms with Crippen molar-refractivity contribution in [3.63, 3.8) is 0 Å². The average molecular weight is 719 g/mol. The fourth-order valence-corrected chi connectivity index (χ4v) is 8.83. The third-order valence-corrected chi connectivity index (χ3v) is 10.7. The van der Waals surface area contributed by atoms with Crippen LogP contribution < -0.4 is 9.80 Å². The SMILES string of the molecule is C=CCN(C(=O)[C@H]1[C@@H]2OC3(CC2Br)C(C(=O)N(CC=C)c2ccccc2Cl)N([C@@H](CO)Cc2ccccc2)C(=O)[C@H]13)c1ccccc1. The highest BCUT2D eigenvalue weighted by Gasteiger charge is 2.77. The van der Waals surface area contributed by atoms with Gasteiger partial charge in [-0.25, -0.2) is 0 Å². The predicted molar refractivity (Wildman–Crippen MR) is 187 cm³/mol. The third-order valence-electron chi connectivity index (χ3n) is 9.53. The van der Waals surface area contributed by atoms with E-state index < -0.39 is 48.1 Å². The maximum Gasteiger partial charge on any atom is 0.253 e. The Labute approximate surface area is 288 Å². The molecule has 0 saturated carbocycles. The van der Waals surface area contributed by atoms with Crippen molar-refractivity contribution in [2.24, 2.45) is 11.8 Å². The highest BCUT2D eigenvalue weighted by molar-refractivity contribution is 9.09. The molecule has 47 heavy (non-hydrogen) atoms. The second-order valence-corrected chi connectivity index (χ2v) is 13.8. The summed E-state index contributed by atoms with van der Waals surface area (Å²) in [5.41, 5.74) is 0.691. The molecule has 0 aromatic heterocycles. The molecule has 6 rings (SSSR count). The van der Waals surface area contributed by atoms with Gasteiger partial charge in [-0.15, -0.1) is 13.2 Å². The maximum absolute atomic E-state index is 15.0. The Hall–Kier alpha value is -3.76. The number of fused-ring (bicyclic) bond motifs is 1. The van der Waals surface area contributed by atoms with E-state index in [1.807, 2.05) is 60.7 Å². The van der Waals surface area contributed by atoms with Crippen molar-refractivity contribution in [2.75, 3.05) is 29.5 Å². The zero-order chi connectivity index (χ0) is 33.3. The van der Waals surface area contributed by atoms with Crippen LogP contribution in [-0.2, 0) is 25.5 Å². The lowest BCUT2D eigenvalue weighted by molar-refractivity contribution is -0.144. The molecular formula is C37H37BrClN3O5. The first-order valence-electron chi connectivity index (χ1n) is 15.7. The van der Waals surface area contributed by atoms with Crippen LogP contribution in [0.4, 0.5) is 11.4 Å². The molecule has 3 saturated heterocycles. The normalized spacial score (nSPS) is 26.5. The predicted octanol–water partition coefficient (Wildman–Crippen LogP) is 5.43. The number of rotatable bonds is 12. The number of ether oxygens (including phenoxy) is 1. The topological polar surface area (TPSA) is 90.4 Å². The van der Waals surface area contributed by atoms with Gasteiger partial charge < -0.3 is 24.5 Å². The number of nitrogens with zero attached hydrogens (tertiary/aromatic N) is 3. The van der Waals surface area contributed by atoms with Gasteiger partial charge in [0.15, 0.2) is 0 Å². The van der Waals surface area contributed by atoms with E-state index in [9.17, 15) is 14.7 Å².